The predicted molar refractivity (Wildman–Crippen MR) is 109 cm³/mol. The van der Waals surface area contributed by atoms with E-state index in [1.807, 2.05) is 6.07 Å². The Balaban J connectivity index is 1.56. The molecule has 0 radical (unpaired) electrons. The smallest absolute Gasteiger partial charge is 0.229 e. The van der Waals surface area contributed by atoms with Gasteiger partial charge in [0.2, 0.25) is 5.95 Å². The zero-order valence-corrected chi connectivity index (χ0v) is 15.9. The lowest BCUT2D eigenvalue weighted by Gasteiger charge is -2.21. The number of anilines is 3. The van der Waals surface area contributed by atoms with Crippen molar-refractivity contribution in [1.29, 1.82) is 0 Å². The molecule has 2 aliphatic heterocycles. The standard InChI is InChI=1S/C19H23ClN6O/c20-15-5-6-16(27)14(11-15)13-21-24-17-12-18(25-7-1-2-8-25)23-19(22-17)26-9-3-4-10-26/h5-6,11-13,27H,1-4,7-10H2,(H,22,23,24)/b21-13-. The normalized spacial score (nSPS) is 17.2. The van der Waals surface area contributed by atoms with Gasteiger partial charge in [-0.05, 0) is 43.9 Å². The van der Waals surface area contributed by atoms with Crippen LogP contribution >= 0.6 is 11.6 Å². The van der Waals surface area contributed by atoms with Crippen LogP contribution in [-0.2, 0) is 0 Å². The minimum Gasteiger partial charge on any atom is -0.507 e. The SMILES string of the molecule is Oc1ccc(Cl)cc1/C=N\Nc1cc(N2CCCC2)nc(N2CCCC2)n1. The summed E-state index contributed by atoms with van der Waals surface area (Å²) in [5.74, 6) is 2.46. The van der Waals surface area contributed by atoms with Crippen LogP contribution in [0.4, 0.5) is 17.6 Å². The lowest BCUT2D eigenvalue weighted by atomic mass is 10.2. The van der Waals surface area contributed by atoms with Gasteiger partial charge in [0.05, 0.1) is 6.21 Å². The van der Waals surface area contributed by atoms with E-state index in [9.17, 15) is 5.11 Å². The highest BCUT2D eigenvalue weighted by Gasteiger charge is 2.20. The molecule has 1 aromatic carbocycles. The second-order valence-electron chi connectivity index (χ2n) is 6.87. The first-order valence-electron chi connectivity index (χ1n) is 9.36. The lowest BCUT2D eigenvalue weighted by Crippen LogP contribution is -2.24. The largest absolute Gasteiger partial charge is 0.507 e. The van der Waals surface area contributed by atoms with E-state index >= 15 is 0 Å². The molecular weight excluding hydrogens is 364 g/mol. The third-order valence-corrected chi connectivity index (χ3v) is 5.13. The molecule has 142 valence electrons. The van der Waals surface area contributed by atoms with Crippen molar-refractivity contribution in [1.82, 2.24) is 9.97 Å². The molecule has 2 aliphatic rings. The van der Waals surface area contributed by atoms with Crippen LogP contribution in [0.3, 0.4) is 0 Å². The molecule has 8 heteroatoms. The first-order valence-corrected chi connectivity index (χ1v) is 9.73. The minimum atomic E-state index is 0.128. The molecule has 27 heavy (non-hydrogen) atoms. The van der Waals surface area contributed by atoms with Gasteiger partial charge in [0.15, 0.2) is 5.82 Å². The van der Waals surface area contributed by atoms with Crippen LogP contribution in [0.5, 0.6) is 5.75 Å². The topological polar surface area (TPSA) is 76.9 Å². The van der Waals surface area contributed by atoms with E-state index in [0.29, 0.717) is 16.4 Å². The lowest BCUT2D eigenvalue weighted by molar-refractivity contribution is 0.474. The number of nitrogens with zero attached hydrogens (tertiary/aromatic N) is 5. The van der Waals surface area contributed by atoms with Crippen molar-refractivity contribution in [3.63, 3.8) is 0 Å². The summed E-state index contributed by atoms with van der Waals surface area (Å²) in [6.45, 7) is 4.02. The average molecular weight is 387 g/mol. The van der Waals surface area contributed by atoms with Gasteiger partial charge in [-0.25, -0.2) is 0 Å². The molecular formula is C19H23ClN6O. The molecule has 0 unspecified atom stereocenters. The Kier molecular flexibility index (Phi) is 5.29. The van der Waals surface area contributed by atoms with E-state index < -0.39 is 0 Å². The summed E-state index contributed by atoms with van der Waals surface area (Å²) in [6.07, 6.45) is 6.27. The molecule has 2 aromatic rings. The number of nitrogens with one attached hydrogen (secondary N) is 1. The van der Waals surface area contributed by atoms with Gasteiger partial charge in [0.1, 0.15) is 11.6 Å². The molecule has 0 amide bonds. The van der Waals surface area contributed by atoms with Crippen molar-refractivity contribution in [3.05, 3.63) is 34.9 Å². The second kappa shape index (κ2) is 8.00. The number of rotatable bonds is 5. The molecule has 2 N–H and O–H groups in total. The fourth-order valence-corrected chi connectivity index (χ4v) is 3.62. The Morgan fingerprint density at radius 3 is 2.44 bits per heavy atom. The zero-order chi connectivity index (χ0) is 18.6. The van der Waals surface area contributed by atoms with Gasteiger partial charge in [-0.3, -0.25) is 5.43 Å². The zero-order valence-electron chi connectivity index (χ0n) is 15.1. The van der Waals surface area contributed by atoms with Crippen LogP contribution < -0.4 is 15.2 Å². The number of hydrazone groups is 1. The molecule has 4 rings (SSSR count). The molecule has 0 bridgehead atoms. The first kappa shape index (κ1) is 17.9. The molecule has 3 heterocycles. The van der Waals surface area contributed by atoms with Gasteiger partial charge < -0.3 is 14.9 Å². The number of hydrogen-bond acceptors (Lipinski definition) is 7. The van der Waals surface area contributed by atoms with Crippen molar-refractivity contribution >= 4 is 35.4 Å². The van der Waals surface area contributed by atoms with Gasteiger partial charge in [-0.15, -0.1) is 0 Å². The van der Waals surface area contributed by atoms with E-state index in [1.165, 1.54) is 31.9 Å². The number of benzene rings is 1. The molecule has 2 fully saturated rings. The van der Waals surface area contributed by atoms with E-state index in [1.54, 1.807) is 18.2 Å². The van der Waals surface area contributed by atoms with E-state index in [4.69, 9.17) is 16.6 Å². The third-order valence-electron chi connectivity index (χ3n) is 4.89. The van der Waals surface area contributed by atoms with E-state index in [2.05, 4.69) is 25.3 Å². The summed E-state index contributed by atoms with van der Waals surface area (Å²) in [4.78, 5) is 13.9. The highest BCUT2D eigenvalue weighted by Crippen LogP contribution is 2.25. The van der Waals surface area contributed by atoms with Crippen LogP contribution in [0, 0.1) is 0 Å². The molecule has 1 aromatic heterocycles. The number of halogens is 1. The maximum atomic E-state index is 9.89. The Labute approximate surface area is 163 Å². The fraction of sp³-hybridized carbons (Fsp3) is 0.421. The third kappa shape index (κ3) is 4.24. The van der Waals surface area contributed by atoms with Gasteiger partial charge >= 0.3 is 0 Å². The van der Waals surface area contributed by atoms with Crippen molar-refractivity contribution in [2.75, 3.05) is 41.4 Å². The summed E-state index contributed by atoms with van der Waals surface area (Å²) in [6, 6.07) is 6.77. The number of phenolic OH excluding ortho intramolecular Hbond substituents is 1. The summed E-state index contributed by atoms with van der Waals surface area (Å²) in [7, 11) is 0. The Morgan fingerprint density at radius 2 is 1.70 bits per heavy atom. The summed E-state index contributed by atoms with van der Waals surface area (Å²) in [5, 5.41) is 14.7. The number of phenols is 1. The predicted octanol–water partition coefficient (Wildman–Crippen LogP) is 3.48. The fourth-order valence-electron chi connectivity index (χ4n) is 3.44. The summed E-state index contributed by atoms with van der Waals surface area (Å²) >= 11 is 5.97. The summed E-state index contributed by atoms with van der Waals surface area (Å²) in [5.41, 5.74) is 3.52. The minimum absolute atomic E-state index is 0.128. The Morgan fingerprint density at radius 1 is 1.00 bits per heavy atom. The highest BCUT2D eigenvalue weighted by atomic mass is 35.5. The van der Waals surface area contributed by atoms with Crippen molar-refractivity contribution < 1.29 is 5.11 Å². The summed E-state index contributed by atoms with van der Waals surface area (Å²) < 4.78 is 0. The van der Waals surface area contributed by atoms with Gasteiger partial charge in [0.25, 0.3) is 0 Å². The van der Waals surface area contributed by atoms with Crippen molar-refractivity contribution in [2.45, 2.75) is 25.7 Å². The van der Waals surface area contributed by atoms with E-state index in [-0.39, 0.29) is 5.75 Å². The van der Waals surface area contributed by atoms with Crippen LogP contribution in [0.1, 0.15) is 31.2 Å². The molecule has 0 spiro atoms. The van der Waals surface area contributed by atoms with Crippen molar-refractivity contribution in [3.8, 4) is 5.75 Å². The van der Waals surface area contributed by atoms with Crippen molar-refractivity contribution in [2.24, 2.45) is 5.10 Å². The second-order valence-corrected chi connectivity index (χ2v) is 7.31. The maximum Gasteiger partial charge on any atom is 0.229 e. The van der Waals surface area contributed by atoms with E-state index in [0.717, 1.165) is 37.9 Å². The number of aromatic hydroxyl groups is 1. The monoisotopic (exact) mass is 386 g/mol. The van der Waals surface area contributed by atoms with Gasteiger partial charge in [-0.2, -0.15) is 15.1 Å². The highest BCUT2D eigenvalue weighted by molar-refractivity contribution is 6.30. The van der Waals surface area contributed by atoms with Gasteiger partial charge in [-0.1, -0.05) is 11.6 Å². The molecule has 0 atom stereocenters. The average Bonchev–Trinajstić information content (AvgIpc) is 3.38. The van der Waals surface area contributed by atoms with Crippen LogP contribution in [0.2, 0.25) is 5.02 Å². The Bertz CT molecular complexity index is 797. The Hall–Kier alpha value is -2.54. The van der Waals surface area contributed by atoms with Crippen LogP contribution in [0.15, 0.2) is 29.4 Å². The molecule has 0 aliphatic carbocycles. The molecule has 7 nitrogen and oxygen atoms in total. The molecule has 0 saturated carbocycles. The maximum absolute atomic E-state index is 9.89. The quantitative estimate of drug-likeness (QED) is 0.605. The number of aromatic nitrogens is 2. The van der Waals surface area contributed by atoms with Gasteiger partial charge in [0, 0.05) is 42.8 Å². The first-order chi connectivity index (χ1) is 13.2. The van der Waals surface area contributed by atoms with Crippen LogP contribution in [-0.4, -0.2) is 47.5 Å². The molecule has 2 saturated heterocycles. The van der Waals surface area contributed by atoms with Crippen LogP contribution in [0.25, 0.3) is 0 Å². The number of hydrogen-bond donors (Lipinski definition) is 2.